The molecule has 10 nitrogen and oxygen atoms in total. The summed E-state index contributed by atoms with van der Waals surface area (Å²) in [4.78, 5) is 12.0. The maximum absolute atomic E-state index is 10.1. The summed E-state index contributed by atoms with van der Waals surface area (Å²) in [7, 11) is 0. The molecule has 0 bridgehead atoms. The molecule has 2 unspecified atom stereocenters. The van der Waals surface area contributed by atoms with Crippen LogP contribution >= 0.6 is 15.9 Å². The van der Waals surface area contributed by atoms with Gasteiger partial charge >= 0.3 is 0 Å². The van der Waals surface area contributed by atoms with Gasteiger partial charge in [0.15, 0.2) is 27.9 Å². The van der Waals surface area contributed by atoms with E-state index in [9.17, 15) is 10.2 Å². The van der Waals surface area contributed by atoms with Crippen molar-refractivity contribution in [2.75, 3.05) is 18.1 Å². The lowest BCUT2D eigenvalue weighted by Gasteiger charge is -2.17. The molecule has 1 aliphatic heterocycles. The van der Waals surface area contributed by atoms with E-state index in [0.29, 0.717) is 0 Å². The van der Waals surface area contributed by atoms with Gasteiger partial charge in [-0.2, -0.15) is 9.97 Å². The molecule has 0 spiro atoms. The van der Waals surface area contributed by atoms with Crippen LogP contribution in [0.3, 0.4) is 0 Å². The van der Waals surface area contributed by atoms with Gasteiger partial charge < -0.3 is 31.5 Å². The number of ether oxygens (including phenoxy) is 1. The third-order valence-corrected chi connectivity index (χ3v) is 3.87. The maximum Gasteiger partial charge on any atom is 0.224 e. The van der Waals surface area contributed by atoms with E-state index in [4.69, 9.17) is 21.3 Å². The van der Waals surface area contributed by atoms with Gasteiger partial charge in [-0.05, 0) is 15.9 Å². The highest BCUT2D eigenvalue weighted by Crippen LogP contribution is 2.35. The predicted molar refractivity (Wildman–Crippen MR) is 74.9 cm³/mol. The fourth-order valence-electron chi connectivity index (χ4n) is 2.30. The fourth-order valence-corrected chi connectivity index (χ4v) is 2.85. The number of nitrogen functional groups attached to an aromatic ring is 2. The minimum atomic E-state index is -1.27. The monoisotopic (exact) mass is 360 g/mol. The van der Waals surface area contributed by atoms with E-state index in [1.165, 1.54) is 4.57 Å². The Kier molecular flexibility index (Phi) is 3.45. The van der Waals surface area contributed by atoms with Crippen LogP contribution in [0.4, 0.5) is 11.8 Å². The molecular formula is C10H13BrN6O4. The van der Waals surface area contributed by atoms with E-state index in [1.807, 2.05) is 0 Å². The summed E-state index contributed by atoms with van der Waals surface area (Å²) in [6.45, 7) is -0.432. The van der Waals surface area contributed by atoms with E-state index >= 15 is 0 Å². The van der Waals surface area contributed by atoms with Crippen molar-refractivity contribution in [3.8, 4) is 0 Å². The Hall–Kier alpha value is -1.53. The molecule has 114 valence electrons. The van der Waals surface area contributed by atoms with Gasteiger partial charge in [-0.25, -0.2) is 4.98 Å². The normalized spacial score (nSPS) is 29.3. The number of hydrogen-bond donors (Lipinski definition) is 5. The molecule has 1 aliphatic rings. The van der Waals surface area contributed by atoms with Gasteiger partial charge in [0.25, 0.3) is 0 Å². The first kappa shape index (κ1) is 14.4. The smallest absolute Gasteiger partial charge is 0.224 e. The minimum Gasteiger partial charge on any atom is -0.394 e. The number of halogens is 1. The van der Waals surface area contributed by atoms with Crippen LogP contribution in [-0.2, 0) is 4.74 Å². The van der Waals surface area contributed by atoms with Crippen LogP contribution in [0.2, 0.25) is 0 Å². The van der Waals surface area contributed by atoms with E-state index in [1.54, 1.807) is 0 Å². The quantitative estimate of drug-likeness (QED) is 0.395. The van der Waals surface area contributed by atoms with Gasteiger partial charge in [-0.15, -0.1) is 0 Å². The first-order chi connectivity index (χ1) is 9.93. The minimum absolute atomic E-state index is 0.0552. The molecule has 0 saturated carbocycles. The highest BCUT2D eigenvalue weighted by atomic mass is 79.9. The van der Waals surface area contributed by atoms with E-state index in [2.05, 4.69) is 30.9 Å². The van der Waals surface area contributed by atoms with Gasteiger partial charge in [-0.3, -0.25) is 4.57 Å². The Morgan fingerprint density at radius 1 is 1.19 bits per heavy atom. The summed E-state index contributed by atoms with van der Waals surface area (Å²) in [5.74, 6) is 0.0316. The van der Waals surface area contributed by atoms with Crippen molar-refractivity contribution in [1.29, 1.82) is 0 Å². The molecule has 21 heavy (non-hydrogen) atoms. The lowest BCUT2D eigenvalue weighted by atomic mass is 10.1. The van der Waals surface area contributed by atoms with Gasteiger partial charge in [0.2, 0.25) is 5.95 Å². The van der Waals surface area contributed by atoms with E-state index < -0.39 is 31.1 Å². The highest BCUT2D eigenvalue weighted by Gasteiger charge is 2.44. The lowest BCUT2D eigenvalue weighted by Crippen LogP contribution is -2.33. The number of aromatic nitrogens is 4. The number of rotatable bonds is 2. The van der Waals surface area contributed by atoms with Crippen molar-refractivity contribution in [2.24, 2.45) is 0 Å². The molecule has 0 aliphatic carbocycles. The van der Waals surface area contributed by atoms with Crippen LogP contribution < -0.4 is 11.5 Å². The van der Waals surface area contributed by atoms with Crippen LogP contribution in [0, 0.1) is 0 Å². The number of hydrogen-bond acceptors (Lipinski definition) is 9. The first-order valence-electron chi connectivity index (χ1n) is 6.03. The third kappa shape index (κ3) is 2.13. The fraction of sp³-hybridized carbons (Fsp3) is 0.500. The molecule has 11 heteroatoms. The van der Waals surface area contributed by atoms with Crippen molar-refractivity contribution < 1.29 is 20.1 Å². The van der Waals surface area contributed by atoms with Gasteiger partial charge in [-0.1, -0.05) is 0 Å². The summed E-state index contributed by atoms with van der Waals surface area (Å²) in [5.41, 5.74) is 11.8. The van der Waals surface area contributed by atoms with E-state index in [-0.39, 0.29) is 27.7 Å². The second-order valence-corrected chi connectivity index (χ2v) is 5.33. The molecule has 0 aromatic carbocycles. The van der Waals surface area contributed by atoms with Crippen LogP contribution in [0.5, 0.6) is 0 Å². The molecule has 1 saturated heterocycles. The molecule has 4 atom stereocenters. The average molecular weight is 361 g/mol. The van der Waals surface area contributed by atoms with Gasteiger partial charge in [0.1, 0.15) is 18.3 Å². The maximum atomic E-state index is 10.1. The number of fused-ring (bicyclic) bond motifs is 1. The first-order valence-corrected chi connectivity index (χ1v) is 6.82. The molecule has 3 heterocycles. The van der Waals surface area contributed by atoms with Crippen molar-refractivity contribution in [1.82, 2.24) is 19.5 Å². The molecule has 2 aromatic heterocycles. The Labute approximate surface area is 126 Å². The van der Waals surface area contributed by atoms with Crippen molar-refractivity contribution in [3.05, 3.63) is 4.73 Å². The summed E-state index contributed by atoms with van der Waals surface area (Å²) >= 11 is 3.22. The second kappa shape index (κ2) is 5.03. The lowest BCUT2D eigenvalue weighted by molar-refractivity contribution is -0.0521. The van der Waals surface area contributed by atoms with Crippen LogP contribution in [0.1, 0.15) is 6.23 Å². The summed E-state index contributed by atoms with van der Waals surface area (Å²) in [6.07, 6.45) is -4.41. The van der Waals surface area contributed by atoms with Gasteiger partial charge in [0, 0.05) is 0 Å². The second-order valence-electron chi connectivity index (χ2n) is 4.62. The molecule has 2 aromatic rings. The van der Waals surface area contributed by atoms with E-state index in [0.717, 1.165) is 0 Å². The number of aliphatic hydroxyl groups excluding tert-OH is 3. The third-order valence-electron chi connectivity index (χ3n) is 3.31. The Bertz CT molecular complexity index is 694. The standard InChI is InChI=1S/C10H13BrN6O4/c11-9-14-3-6(12)15-10(13)16-7(3)17(9)8-5(20)4(19)2(1-18)21-8/h2,4-5,8,18-20H,1H2,(H4,12,13,15,16)/t2-,4?,5?,8-/m1/s1. The summed E-state index contributed by atoms with van der Waals surface area (Å²) in [6, 6.07) is 0. The molecule has 1 fully saturated rings. The predicted octanol–water partition coefficient (Wildman–Crippen LogP) is -1.64. The van der Waals surface area contributed by atoms with Crippen molar-refractivity contribution in [3.63, 3.8) is 0 Å². The van der Waals surface area contributed by atoms with Gasteiger partial charge in [0.05, 0.1) is 6.61 Å². The molecule has 7 N–H and O–H groups in total. The highest BCUT2D eigenvalue weighted by molar-refractivity contribution is 9.10. The van der Waals surface area contributed by atoms with Crippen molar-refractivity contribution >= 4 is 38.9 Å². The van der Waals surface area contributed by atoms with Crippen LogP contribution in [-0.4, -0.2) is 59.8 Å². The SMILES string of the molecule is Nc1nc(N)c2nc(Br)n([C@@H]3O[C@H](CO)C(O)C3O)c2n1. The summed E-state index contributed by atoms with van der Waals surface area (Å²) < 4.78 is 7.12. The summed E-state index contributed by atoms with van der Waals surface area (Å²) in [5, 5.41) is 29.1. The number of nitrogens with zero attached hydrogens (tertiary/aromatic N) is 4. The number of aliphatic hydroxyl groups is 3. The van der Waals surface area contributed by atoms with Crippen molar-refractivity contribution in [2.45, 2.75) is 24.5 Å². The zero-order chi connectivity index (χ0) is 15.3. The average Bonchev–Trinajstić information content (AvgIpc) is 2.89. The van der Waals surface area contributed by atoms with Crippen LogP contribution in [0.25, 0.3) is 11.2 Å². The largest absolute Gasteiger partial charge is 0.394 e. The zero-order valence-corrected chi connectivity index (χ0v) is 12.2. The molecule has 0 amide bonds. The Morgan fingerprint density at radius 2 is 1.90 bits per heavy atom. The topological polar surface area (TPSA) is 166 Å². The Balaban J connectivity index is 2.15. The van der Waals surface area contributed by atoms with Crippen LogP contribution in [0.15, 0.2) is 4.73 Å². The number of nitrogens with two attached hydrogens (primary N) is 2. The number of imidazole rings is 1. The zero-order valence-electron chi connectivity index (χ0n) is 10.6. The molecule has 3 rings (SSSR count). The number of anilines is 2. The molecular weight excluding hydrogens is 348 g/mol. The Morgan fingerprint density at radius 3 is 2.52 bits per heavy atom. The molecule has 0 radical (unpaired) electrons.